The normalized spacial score (nSPS) is 49.0. The molecule has 4 saturated carbocycles. The van der Waals surface area contributed by atoms with Gasteiger partial charge in [-0.25, -0.2) is 0 Å². The fraction of sp³-hybridized carbons (Fsp3) is 0.960. The number of carbonyl (C=O) groups is 1. The summed E-state index contributed by atoms with van der Waals surface area (Å²) in [6.45, 7) is 7.64. The van der Waals surface area contributed by atoms with Crippen molar-refractivity contribution in [1.29, 1.82) is 0 Å². The largest absolute Gasteiger partial charge is 0.393 e. The summed E-state index contributed by atoms with van der Waals surface area (Å²) in [4.78, 5) is 11.1. The van der Waals surface area contributed by atoms with E-state index in [0.717, 1.165) is 55.3 Å². The number of fused-ring (bicyclic) bond motifs is 5. The minimum absolute atomic E-state index is 0.0411. The molecule has 28 heavy (non-hydrogen) atoms. The van der Waals surface area contributed by atoms with Crippen LogP contribution >= 0.6 is 0 Å². The molecule has 4 rings (SSSR count). The quantitative estimate of drug-likeness (QED) is 0.670. The lowest BCUT2D eigenvalue weighted by Gasteiger charge is -2.61. The molecule has 8 unspecified atom stereocenters. The van der Waals surface area contributed by atoms with Crippen molar-refractivity contribution in [3.05, 3.63) is 0 Å². The molecular weight excluding hydrogens is 346 g/mol. The van der Waals surface area contributed by atoms with Crippen LogP contribution in [0.25, 0.3) is 0 Å². The lowest BCUT2D eigenvalue weighted by Crippen LogP contribution is -2.54. The van der Waals surface area contributed by atoms with Gasteiger partial charge in [0.15, 0.2) is 0 Å². The molecule has 0 radical (unpaired) electrons. The second kappa shape index (κ2) is 7.60. The Kier molecular flexibility index (Phi) is 5.61. The van der Waals surface area contributed by atoms with Crippen LogP contribution in [0.1, 0.15) is 97.8 Å². The zero-order valence-corrected chi connectivity index (χ0v) is 18.5. The maximum Gasteiger partial charge on any atom is 0.217 e. The third kappa shape index (κ3) is 3.34. The van der Waals surface area contributed by atoms with E-state index in [1.165, 1.54) is 44.9 Å². The Labute approximate surface area is 172 Å². The molecule has 0 aliphatic heterocycles. The summed E-state index contributed by atoms with van der Waals surface area (Å²) in [6, 6.07) is 0. The third-order valence-electron chi connectivity index (χ3n) is 10.5. The number of aliphatic hydroxyl groups excluding tert-OH is 1. The molecule has 3 nitrogen and oxygen atoms in total. The summed E-state index contributed by atoms with van der Waals surface area (Å²) in [5, 5.41) is 10.2. The van der Waals surface area contributed by atoms with Gasteiger partial charge in [0, 0.05) is 6.42 Å². The Morgan fingerprint density at radius 3 is 2.50 bits per heavy atom. The zero-order valence-electron chi connectivity index (χ0n) is 18.5. The highest BCUT2D eigenvalue weighted by Crippen LogP contribution is 2.68. The second-order valence-corrected chi connectivity index (χ2v) is 11.6. The van der Waals surface area contributed by atoms with Crippen LogP contribution in [0.4, 0.5) is 0 Å². The highest BCUT2D eigenvalue weighted by molar-refractivity contribution is 5.73. The summed E-state index contributed by atoms with van der Waals surface area (Å²) in [6.07, 6.45) is 14.3. The average Bonchev–Trinajstić information content (AvgIpc) is 2.99. The standard InChI is InChI=1S/C25H43NO2/c1-16(5-4-6-23(26)28)20-9-10-21-19-8-7-17-15-18(27)11-13-24(17,2)22(19)12-14-25(20,21)3/h16-22,27H,4-15H2,1-3H3,(H2,26,28)/t16?,17-,18?,19?,20?,21?,22?,24?,25?/m1/s1. The number of hydrogen-bond acceptors (Lipinski definition) is 2. The Balaban J connectivity index is 1.47. The molecular formula is C25H43NO2. The van der Waals surface area contributed by atoms with Crippen LogP contribution < -0.4 is 5.73 Å². The van der Waals surface area contributed by atoms with Gasteiger partial charge in [-0.2, -0.15) is 0 Å². The van der Waals surface area contributed by atoms with E-state index in [2.05, 4.69) is 20.8 Å². The Morgan fingerprint density at radius 2 is 1.75 bits per heavy atom. The summed E-state index contributed by atoms with van der Waals surface area (Å²) in [5.74, 6) is 4.85. The van der Waals surface area contributed by atoms with Crippen LogP contribution in [-0.4, -0.2) is 17.1 Å². The Bertz CT molecular complexity index is 591. The average molecular weight is 390 g/mol. The maximum atomic E-state index is 11.1. The van der Waals surface area contributed by atoms with Crippen LogP contribution in [0.5, 0.6) is 0 Å². The van der Waals surface area contributed by atoms with Crippen LogP contribution in [0.15, 0.2) is 0 Å². The van der Waals surface area contributed by atoms with Crippen molar-refractivity contribution < 1.29 is 9.90 Å². The van der Waals surface area contributed by atoms with Gasteiger partial charge in [-0.05, 0) is 117 Å². The monoisotopic (exact) mass is 389 g/mol. The number of rotatable bonds is 5. The highest BCUT2D eigenvalue weighted by atomic mass is 16.3. The molecule has 160 valence electrons. The summed E-state index contributed by atoms with van der Waals surface area (Å²) in [5.41, 5.74) is 6.34. The third-order valence-corrected chi connectivity index (χ3v) is 10.5. The molecule has 0 heterocycles. The first-order valence-electron chi connectivity index (χ1n) is 12.2. The van der Waals surface area contributed by atoms with E-state index < -0.39 is 0 Å². The first-order chi connectivity index (χ1) is 13.3. The fourth-order valence-corrected chi connectivity index (χ4v) is 9.01. The van der Waals surface area contributed by atoms with Crippen LogP contribution in [0, 0.1) is 46.3 Å². The number of carbonyl (C=O) groups excluding carboxylic acids is 1. The van der Waals surface area contributed by atoms with Gasteiger partial charge in [0.05, 0.1) is 6.10 Å². The van der Waals surface area contributed by atoms with Crippen molar-refractivity contribution in [3.8, 4) is 0 Å². The van der Waals surface area contributed by atoms with Crippen molar-refractivity contribution >= 4 is 5.91 Å². The minimum atomic E-state index is -0.147. The Morgan fingerprint density at radius 1 is 1.04 bits per heavy atom. The number of nitrogens with two attached hydrogens (primary N) is 1. The van der Waals surface area contributed by atoms with E-state index in [1.807, 2.05) is 0 Å². The Hall–Kier alpha value is -0.570. The molecule has 0 aromatic rings. The molecule has 3 N–H and O–H groups in total. The molecule has 0 aromatic heterocycles. The van der Waals surface area contributed by atoms with Gasteiger partial charge in [-0.3, -0.25) is 4.79 Å². The van der Waals surface area contributed by atoms with E-state index >= 15 is 0 Å². The molecule has 4 aliphatic carbocycles. The number of primary amides is 1. The summed E-state index contributed by atoms with van der Waals surface area (Å²) >= 11 is 0. The zero-order chi connectivity index (χ0) is 20.1. The molecule has 9 atom stereocenters. The summed E-state index contributed by atoms with van der Waals surface area (Å²) in [7, 11) is 0. The van der Waals surface area contributed by atoms with E-state index in [4.69, 9.17) is 5.73 Å². The van der Waals surface area contributed by atoms with Crippen molar-refractivity contribution in [3.63, 3.8) is 0 Å². The smallest absolute Gasteiger partial charge is 0.217 e. The topological polar surface area (TPSA) is 63.3 Å². The molecule has 0 bridgehead atoms. The maximum absolute atomic E-state index is 11.1. The van der Waals surface area contributed by atoms with Crippen molar-refractivity contribution in [1.82, 2.24) is 0 Å². The van der Waals surface area contributed by atoms with Gasteiger partial charge in [-0.1, -0.05) is 20.8 Å². The van der Waals surface area contributed by atoms with Crippen molar-refractivity contribution in [2.75, 3.05) is 0 Å². The number of hydrogen-bond donors (Lipinski definition) is 2. The lowest BCUT2D eigenvalue weighted by atomic mass is 9.44. The molecule has 3 heteroatoms. The lowest BCUT2D eigenvalue weighted by molar-refractivity contribution is -0.129. The fourth-order valence-electron chi connectivity index (χ4n) is 9.01. The van der Waals surface area contributed by atoms with Gasteiger partial charge in [0.1, 0.15) is 0 Å². The number of aliphatic hydroxyl groups is 1. The molecule has 4 aliphatic rings. The first-order valence-corrected chi connectivity index (χ1v) is 12.2. The van der Waals surface area contributed by atoms with E-state index in [0.29, 0.717) is 23.2 Å². The predicted octanol–water partition coefficient (Wildman–Crippen LogP) is 5.30. The van der Waals surface area contributed by atoms with E-state index in [9.17, 15) is 9.90 Å². The van der Waals surface area contributed by atoms with Crippen LogP contribution in [-0.2, 0) is 4.79 Å². The summed E-state index contributed by atoms with van der Waals surface area (Å²) < 4.78 is 0. The highest BCUT2D eigenvalue weighted by Gasteiger charge is 2.60. The van der Waals surface area contributed by atoms with E-state index in [1.54, 1.807) is 0 Å². The minimum Gasteiger partial charge on any atom is -0.393 e. The molecule has 0 saturated heterocycles. The van der Waals surface area contributed by atoms with Gasteiger partial charge in [0.25, 0.3) is 0 Å². The SMILES string of the molecule is CC(CCCC(N)=O)C1CCC2C3CC[C@@H]4CC(O)CCC4(C)C3CCC12C. The molecule has 0 spiro atoms. The first kappa shape index (κ1) is 20.7. The molecule has 1 amide bonds. The van der Waals surface area contributed by atoms with Gasteiger partial charge < -0.3 is 10.8 Å². The molecule has 0 aromatic carbocycles. The van der Waals surface area contributed by atoms with Gasteiger partial charge in [0.2, 0.25) is 5.91 Å². The van der Waals surface area contributed by atoms with Gasteiger partial charge >= 0.3 is 0 Å². The van der Waals surface area contributed by atoms with Crippen LogP contribution in [0.3, 0.4) is 0 Å². The van der Waals surface area contributed by atoms with E-state index in [-0.39, 0.29) is 12.0 Å². The van der Waals surface area contributed by atoms with Gasteiger partial charge in [-0.15, -0.1) is 0 Å². The predicted molar refractivity (Wildman–Crippen MR) is 113 cm³/mol. The van der Waals surface area contributed by atoms with Crippen LogP contribution in [0.2, 0.25) is 0 Å². The number of amides is 1. The van der Waals surface area contributed by atoms with Crippen molar-refractivity contribution in [2.24, 2.45) is 52.1 Å². The molecule has 4 fully saturated rings. The second-order valence-electron chi connectivity index (χ2n) is 11.6. The van der Waals surface area contributed by atoms with Crippen molar-refractivity contribution in [2.45, 2.75) is 104 Å².